The molecule has 3 heterocycles. The number of likely N-dealkylation sites (tertiary alicyclic amines) is 1. The first-order valence-electron chi connectivity index (χ1n) is 13.2. The summed E-state index contributed by atoms with van der Waals surface area (Å²) in [4.78, 5) is 7.59. The van der Waals surface area contributed by atoms with E-state index in [2.05, 4.69) is 48.3 Å². The fraction of sp³-hybridized carbons (Fsp3) is 0.552. The molecule has 4 aliphatic carbocycles. The Morgan fingerprint density at radius 3 is 2.89 bits per heavy atom. The van der Waals surface area contributed by atoms with Crippen molar-refractivity contribution in [3.05, 3.63) is 47.5 Å². The van der Waals surface area contributed by atoms with E-state index in [1.807, 2.05) is 30.2 Å². The fourth-order valence-corrected chi connectivity index (χ4v) is 11.6. The molecule has 36 heavy (non-hydrogen) atoms. The lowest BCUT2D eigenvalue weighted by Crippen LogP contribution is -2.80. The molecule has 2 spiro atoms. The molecule has 3 saturated carbocycles. The maximum atomic E-state index is 7.10. The van der Waals surface area contributed by atoms with E-state index in [1.54, 1.807) is 7.11 Å². The van der Waals surface area contributed by atoms with E-state index in [-0.39, 0.29) is 22.5 Å². The van der Waals surface area contributed by atoms with Crippen molar-refractivity contribution >= 4 is 33.3 Å². The summed E-state index contributed by atoms with van der Waals surface area (Å²) in [5.41, 5.74) is 3.99. The topological polar surface area (TPSA) is 43.8 Å². The largest absolute Gasteiger partial charge is 0.493 e. The van der Waals surface area contributed by atoms with Crippen LogP contribution in [0.3, 0.4) is 0 Å². The van der Waals surface area contributed by atoms with Crippen LogP contribution in [0.4, 0.5) is 0 Å². The molecule has 1 saturated heterocycles. The molecule has 9 rings (SSSR count). The number of benzene rings is 2. The van der Waals surface area contributed by atoms with Crippen molar-refractivity contribution < 1.29 is 14.2 Å². The van der Waals surface area contributed by atoms with Crippen LogP contribution in [0.5, 0.6) is 11.5 Å². The summed E-state index contributed by atoms with van der Waals surface area (Å²) in [7, 11) is 6.06. The van der Waals surface area contributed by atoms with Crippen molar-refractivity contribution in [3.8, 4) is 11.5 Å². The average Bonchev–Trinajstić information content (AvgIpc) is 3.49. The molecule has 4 bridgehead atoms. The number of fused-ring (bicyclic) bond motifs is 3. The van der Waals surface area contributed by atoms with E-state index >= 15 is 0 Å². The van der Waals surface area contributed by atoms with Gasteiger partial charge in [-0.25, -0.2) is 4.98 Å². The summed E-state index contributed by atoms with van der Waals surface area (Å²) >= 11 is 3.73. The normalized spacial score (nSPS) is 37.7. The van der Waals surface area contributed by atoms with Crippen LogP contribution in [0.25, 0.3) is 10.2 Å². The molecular formula is C29H32N2O3S2. The van der Waals surface area contributed by atoms with Crippen molar-refractivity contribution in [3.63, 3.8) is 0 Å². The summed E-state index contributed by atoms with van der Waals surface area (Å²) in [6, 6.07) is 13.4. The Bertz CT molecular complexity index is 1360. The van der Waals surface area contributed by atoms with Gasteiger partial charge in [-0.3, -0.25) is 0 Å². The predicted molar refractivity (Wildman–Crippen MR) is 144 cm³/mol. The molecule has 6 aliphatic rings. The summed E-state index contributed by atoms with van der Waals surface area (Å²) in [6.45, 7) is 1.12. The number of piperidine rings is 1. The third-order valence-corrected chi connectivity index (χ3v) is 13.0. The quantitative estimate of drug-likeness (QED) is 0.412. The van der Waals surface area contributed by atoms with Crippen molar-refractivity contribution in [1.82, 2.24) is 9.88 Å². The number of thiazole rings is 1. The Morgan fingerprint density at radius 2 is 2.06 bits per heavy atom. The number of nitrogens with zero attached hydrogens (tertiary/aromatic N) is 2. The SMILES string of the molecule is COc1ccc2c3c1O[C@H]1C4(OC)CCC5(C[C@@H]4CSc4nc6ccccc6s4)[C@@H](C2)N(C)CCC315. The van der Waals surface area contributed by atoms with Gasteiger partial charge in [-0.05, 0) is 69.5 Å². The molecule has 3 unspecified atom stereocenters. The molecule has 5 nitrogen and oxygen atoms in total. The molecule has 2 aromatic carbocycles. The van der Waals surface area contributed by atoms with E-state index in [4.69, 9.17) is 19.2 Å². The Hall–Kier alpha value is -1.80. The maximum Gasteiger partial charge on any atom is 0.165 e. The van der Waals surface area contributed by atoms with Gasteiger partial charge in [-0.1, -0.05) is 30.0 Å². The second-order valence-electron chi connectivity index (χ2n) is 11.5. The van der Waals surface area contributed by atoms with Crippen LogP contribution >= 0.6 is 23.1 Å². The van der Waals surface area contributed by atoms with Crippen molar-refractivity contribution in [2.45, 2.75) is 59.6 Å². The lowest BCUT2D eigenvalue weighted by atomic mass is 9.35. The molecule has 0 amide bonds. The molecule has 0 N–H and O–H groups in total. The molecule has 6 atom stereocenters. The monoisotopic (exact) mass is 520 g/mol. The number of aromatic nitrogens is 1. The van der Waals surface area contributed by atoms with E-state index in [0.717, 1.165) is 52.9 Å². The highest BCUT2D eigenvalue weighted by molar-refractivity contribution is 8.01. The number of thioether (sulfide) groups is 1. The highest BCUT2D eigenvalue weighted by Gasteiger charge is 2.80. The Kier molecular flexibility index (Phi) is 4.57. The Labute approximate surface area is 220 Å². The highest BCUT2D eigenvalue weighted by Crippen LogP contribution is 2.76. The number of para-hydroxylation sites is 1. The summed E-state index contributed by atoms with van der Waals surface area (Å²) < 4.78 is 22.0. The van der Waals surface area contributed by atoms with Crippen LogP contribution in [0, 0.1) is 11.3 Å². The third kappa shape index (κ3) is 2.45. The number of hydrogen-bond acceptors (Lipinski definition) is 7. The number of ether oxygens (including phenoxy) is 3. The highest BCUT2D eigenvalue weighted by atomic mass is 32.2. The van der Waals surface area contributed by atoms with E-state index < -0.39 is 0 Å². The van der Waals surface area contributed by atoms with Gasteiger partial charge in [0.25, 0.3) is 0 Å². The maximum absolute atomic E-state index is 7.10. The van der Waals surface area contributed by atoms with E-state index in [1.165, 1.54) is 28.7 Å². The third-order valence-electron chi connectivity index (χ3n) is 10.7. The van der Waals surface area contributed by atoms with Gasteiger partial charge in [0.15, 0.2) is 15.8 Å². The van der Waals surface area contributed by atoms with Gasteiger partial charge in [-0.15, -0.1) is 11.3 Å². The molecule has 1 aromatic heterocycles. The average molecular weight is 521 g/mol. The standard InChI is InChI=1S/C29H32N2O3S2/c1-31-13-12-28-23-17-8-9-20(32-2)24(23)34-25(28)29(33-3)11-10-27(28,22(31)14-17)15-18(29)16-35-26-30-19-6-4-5-7-21(19)36-26/h4-9,18,22,25H,10-16H2,1-3H3/t18-,22-,25-,27?,28?,29?/m1/s1. The number of rotatable bonds is 5. The van der Waals surface area contributed by atoms with Gasteiger partial charge in [0.05, 0.1) is 17.3 Å². The van der Waals surface area contributed by atoms with Gasteiger partial charge < -0.3 is 19.1 Å². The molecular weight excluding hydrogens is 488 g/mol. The van der Waals surface area contributed by atoms with Crippen molar-refractivity contribution in [1.29, 1.82) is 0 Å². The summed E-state index contributed by atoms with van der Waals surface area (Å²) in [5, 5.41) is 0. The van der Waals surface area contributed by atoms with Crippen LogP contribution in [0.2, 0.25) is 0 Å². The van der Waals surface area contributed by atoms with Gasteiger partial charge in [0.2, 0.25) is 0 Å². The number of likely N-dealkylation sites (N-methyl/N-ethyl adjacent to an activating group) is 1. The molecule has 4 fully saturated rings. The zero-order valence-electron chi connectivity index (χ0n) is 21.1. The molecule has 7 heteroatoms. The Balaban J connectivity index is 1.25. The summed E-state index contributed by atoms with van der Waals surface area (Å²) in [5.74, 6) is 3.33. The van der Waals surface area contributed by atoms with Gasteiger partial charge in [-0.2, -0.15) is 0 Å². The second-order valence-corrected chi connectivity index (χ2v) is 13.8. The Morgan fingerprint density at radius 1 is 1.17 bits per heavy atom. The van der Waals surface area contributed by atoms with Gasteiger partial charge in [0.1, 0.15) is 11.7 Å². The fourth-order valence-electron chi connectivity index (χ4n) is 9.26. The molecule has 3 aromatic rings. The van der Waals surface area contributed by atoms with Crippen LogP contribution in [-0.4, -0.2) is 61.2 Å². The van der Waals surface area contributed by atoms with Crippen molar-refractivity contribution in [2.75, 3.05) is 33.6 Å². The minimum absolute atomic E-state index is 0.0208. The number of hydrogen-bond donors (Lipinski definition) is 0. The van der Waals surface area contributed by atoms with Crippen LogP contribution in [-0.2, 0) is 16.6 Å². The van der Waals surface area contributed by atoms with Crippen LogP contribution < -0.4 is 9.47 Å². The minimum atomic E-state index is -0.287. The van der Waals surface area contributed by atoms with Gasteiger partial charge in [0, 0.05) is 41.2 Å². The van der Waals surface area contributed by atoms with Gasteiger partial charge >= 0.3 is 0 Å². The van der Waals surface area contributed by atoms with Crippen LogP contribution in [0.15, 0.2) is 40.7 Å². The first-order chi connectivity index (χ1) is 17.6. The lowest BCUT2D eigenvalue weighted by molar-refractivity contribution is -0.271. The first kappa shape index (κ1) is 22.2. The minimum Gasteiger partial charge on any atom is -0.493 e. The van der Waals surface area contributed by atoms with E-state index in [0.29, 0.717) is 12.0 Å². The van der Waals surface area contributed by atoms with E-state index in [9.17, 15) is 0 Å². The van der Waals surface area contributed by atoms with Crippen molar-refractivity contribution in [2.24, 2.45) is 11.3 Å². The molecule has 188 valence electrons. The smallest absolute Gasteiger partial charge is 0.165 e. The molecule has 0 radical (unpaired) electrons. The summed E-state index contributed by atoms with van der Waals surface area (Å²) in [6.07, 6.45) is 5.77. The number of methoxy groups -OCH3 is 2. The molecule has 2 aliphatic heterocycles. The first-order valence-corrected chi connectivity index (χ1v) is 15.0. The lowest BCUT2D eigenvalue weighted by Gasteiger charge is -2.73. The predicted octanol–water partition coefficient (Wildman–Crippen LogP) is 5.54. The van der Waals surface area contributed by atoms with Crippen LogP contribution in [0.1, 0.15) is 36.8 Å². The zero-order chi connectivity index (χ0) is 24.3. The zero-order valence-corrected chi connectivity index (χ0v) is 22.7. The second kappa shape index (κ2) is 7.40.